The Kier molecular flexibility index (Phi) is 9.13. The molecular formula is C16H19BrClN2O-. The van der Waals surface area contributed by atoms with Gasteiger partial charge in [-0.3, -0.25) is 4.98 Å². The maximum absolute atomic E-state index is 4.21. The van der Waals surface area contributed by atoms with E-state index in [0.717, 1.165) is 16.6 Å². The summed E-state index contributed by atoms with van der Waals surface area (Å²) in [7, 11) is 4.14. The van der Waals surface area contributed by atoms with Crippen LogP contribution in [0.25, 0.3) is 5.57 Å². The van der Waals surface area contributed by atoms with Crippen LogP contribution < -0.4 is 12.4 Å². The van der Waals surface area contributed by atoms with E-state index in [0.29, 0.717) is 0 Å². The standard InChI is InChI=1S/C16H17BrN2.ClH.H2O/c1-19(2)11-9-16(14-4-3-10-18-12-14)13-5-7-15(17)8-6-13;;/h3-10,12H,11H2,1-2H3;1H;1H2/p-1. The van der Waals surface area contributed by atoms with Crippen molar-refractivity contribution in [2.45, 2.75) is 0 Å². The molecule has 0 aliphatic heterocycles. The SMILES string of the molecule is CN(C)CC=C(c1ccc(Br)cc1)c1cccnc1.O.[Cl-]. The lowest BCUT2D eigenvalue weighted by atomic mass is 9.99. The zero-order chi connectivity index (χ0) is 13.7. The van der Waals surface area contributed by atoms with Gasteiger partial charge >= 0.3 is 0 Å². The highest BCUT2D eigenvalue weighted by molar-refractivity contribution is 9.10. The number of halogens is 2. The Morgan fingerprint density at radius 2 is 1.81 bits per heavy atom. The van der Waals surface area contributed by atoms with Gasteiger partial charge in [0, 0.05) is 29.0 Å². The first kappa shape index (κ1) is 19.8. The van der Waals surface area contributed by atoms with E-state index in [2.05, 4.69) is 76.3 Å². The molecule has 0 fully saturated rings. The average Bonchev–Trinajstić information content (AvgIpc) is 2.42. The third-order valence-corrected chi connectivity index (χ3v) is 3.32. The molecule has 2 rings (SSSR count). The molecule has 21 heavy (non-hydrogen) atoms. The number of likely N-dealkylation sites (N-methyl/N-ethyl adjacent to an activating group) is 1. The van der Waals surface area contributed by atoms with E-state index in [-0.39, 0.29) is 17.9 Å². The van der Waals surface area contributed by atoms with Gasteiger partial charge in [-0.25, -0.2) is 0 Å². The molecule has 0 spiro atoms. The van der Waals surface area contributed by atoms with E-state index in [1.807, 2.05) is 12.3 Å². The third-order valence-electron chi connectivity index (χ3n) is 2.79. The minimum atomic E-state index is 0. The largest absolute Gasteiger partial charge is 1.00 e. The lowest BCUT2D eigenvalue weighted by molar-refractivity contribution is -0.00000503. The van der Waals surface area contributed by atoms with Crippen molar-refractivity contribution in [1.82, 2.24) is 9.88 Å². The van der Waals surface area contributed by atoms with Crippen molar-refractivity contribution in [3.63, 3.8) is 0 Å². The van der Waals surface area contributed by atoms with Gasteiger partial charge in [0.05, 0.1) is 0 Å². The first-order valence-electron chi connectivity index (χ1n) is 6.18. The van der Waals surface area contributed by atoms with Gasteiger partial charge in [0.25, 0.3) is 0 Å². The molecule has 0 bridgehead atoms. The summed E-state index contributed by atoms with van der Waals surface area (Å²) in [6.07, 6.45) is 5.94. The molecule has 2 aromatic rings. The van der Waals surface area contributed by atoms with Crippen molar-refractivity contribution in [3.05, 3.63) is 70.5 Å². The van der Waals surface area contributed by atoms with Crippen LogP contribution in [0.4, 0.5) is 0 Å². The second-order valence-electron chi connectivity index (χ2n) is 4.63. The average molecular weight is 371 g/mol. The predicted octanol–water partition coefficient (Wildman–Crippen LogP) is 0.0167. The van der Waals surface area contributed by atoms with Crippen LogP contribution in [0.5, 0.6) is 0 Å². The molecule has 1 aromatic carbocycles. The minimum Gasteiger partial charge on any atom is -1.00 e. The van der Waals surface area contributed by atoms with Gasteiger partial charge in [-0.2, -0.15) is 0 Å². The molecule has 0 atom stereocenters. The normalized spacial score (nSPS) is 10.8. The third kappa shape index (κ3) is 5.98. The number of hydrogen-bond donors (Lipinski definition) is 0. The Hall–Kier alpha value is -1.20. The summed E-state index contributed by atoms with van der Waals surface area (Å²) in [4.78, 5) is 6.36. The fourth-order valence-corrected chi connectivity index (χ4v) is 2.09. The fourth-order valence-electron chi connectivity index (χ4n) is 1.83. The summed E-state index contributed by atoms with van der Waals surface area (Å²) < 4.78 is 1.09. The zero-order valence-electron chi connectivity index (χ0n) is 12.1. The summed E-state index contributed by atoms with van der Waals surface area (Å²) in [5.41, 5.74) is 3.57. The lowest BCUT2D eigenvalue weighted by Crippen LogP contribution is -3.00. The molecule has 3 nitrogen and oxygen atoms in total. The lowest BCUT2D eigenvalue weighted by Gasteiger charge is -2.11. The fraction of sp³-hybridized carbons (Fsp3) is 0.188. The van der Waals surface area contributed by atoms with Gasteiger partial charge in [0.15, 0.2) is 0 Å². The van der Waals surface area contributed by atoms with E-state index in [4.69, 9.17) is 0 Å². The number of pyridine rings is 1. The van der Waals surface area contributed by atoms with E-state index >= 15 is 0 Å². The highest BCUT2D eigenvalue weighted by atomic mass is 79.9. The molecular weight excluding hydrogens is 352 g/mol. The molecule has 1 heterocycles. The summed E-state index contributed by atoms with van der Waals surface area (Å²) in [5, 5.41) is 0. The van der Waals surface area contributed by atoms with E-state index in [1.54, 1.807) is 6.20 Å². The van der Waals surface area contributed by atoms with Crippen molar-refractivity contribution in [3.8, 4) is 0 Å². The highest BCUT2D eigenvalue weighted by Crippen LogP contribution is 2.24. The minimum absolute atomic E-state index is 0. The zero-order valence-corrected chi connectivity index (χ0v) is 14.4. The van der Waals surface area contributed by atoms with Gasteiger partial charge in [-0.1, -0.05) is 40.2 Å². The van der Waals surface area contributed by atoms with Crippen LogP contribution in [0.1, 0.15) is 11.1 Å². The summed E-state index contributed by atoms with van der Waals surface area (Å²) in [6.45, 7) is 0.903. The maximum atomic E-state index is 4.21. The first-order chi connectivity index (χ1) is 9.16. The molecule has 114 valence electrons. The topological polar surface area (TPSA) is 47.6 Å². The second kappa shape index (κ2) is 9.68. The Balaban J connectivity index is 0.00000200. The molecule has 0 aliphatic rings. The molecule has 0 saturated heterocycles. The van der Waals surface area contributed by atoms with Crippen molar-refractivity contribution in [1.29, 1.82) is 0 Å². The predicted molar refractivity (Wildman–Crippen MR) is 87.6 cm³/mol. The Morgan fingerprint density at radius 3 is 2.33 bits per heavy atom. The van der Waals surface area contributed by atoms with Gasteiger partial charge in [0.1, 0.15) is 0 Å². The molecule has 2 N–H and O–H groups in total. The van der Waals surface area contributed by atoms with Crippen LogP contribution in [0, 0.1) is 0 Å². The Morgan fingerprint density at radius 1 is 1.14 bits per heavy atom. The van der Waals surface area contributed by atoms with Crippen LogP contribution >= 0.6 is 15.9 Å². The monoisotopic (exact) mass is 369 g/mol. The van der Waals surface area contributed by atoms with Crippen LogP contribution in [-0.4, -0.2) is 36.0 Å². The molecule has 0 amide bonds. The van der Waals surface area contributed by atoms with Crippen molar-refractivity contribution >= 4 is 21.5 Å². The van der Waals surface area contributed by atoms with E-state index in [9.17, 15) is 0 Å². The maximum Gasteiger partial charge on any atom is 0.0346 e. The highest BCUT2D eigenvalue weighted by Gasteiger charge is 2.05. The number of benzene rings is 1. The summed E-state index contributed by atoms with van der Waals surface area (Å²) in [5.74, 6) is 0. The first-order valence-corrected chi connectivity index (χ1v) is 6.97. The van der Waals surface area contributed by atoms with Crippen LogP contribution in [0.3, 0.4) is 0 Å². The summed E-state index contributed by atoms with van der Waals surface area (Å²) in [6, 6.07) is 12.4. The van der Waals surface area contributed by atoms with Crippen LogP contribution in [0.2, 0.25) is 0 Å². The molecule has 0 aliphatic carbocycles. The van der Waals surface area contributed by atoms with Crippen molar-refractivity contribution < 1.29 is 17.9 Å². The Labute approximate surface area is 140 Å². The molecule has 0 saturated carbocycles. The van der Waals surface area contributed by atoms with Gasteiger partial charge in [-0.05, 0) is 43.4 Å². The summed E-state index contributed by atoms with van der Waals surface area (Å²) >= 11 is 3.47. The second-order valence-corrected chi connectivity index (χ2v) is 5.54. The smallest absolute Gasteiger partial charge is 0.0346 e. The van der Waals surface area contributed by atoms with Crippen LogP contribution in [0.15, 0.2) is 59.3 Å². The quantitative estimate of drug-likeness (QED) is 0.762. The van der Waals surface area contributed by atoms with Crippen molar-refractivity contribution in [2.75, 3.05) is 20.6 Å². The van der Waals surface area contributed by atoms with Crippen molar-refractivity contribution in [2.24, 2.45) is 0 Å². The number of aromatic nitrogens is 1. The number of hydrogen-bond acceptors (Lipinski definition) is 2. The molecule has 1 aromatic heterocycles. The van der Waals surface area contributed by atoms with Crippen LogP contribution in [-0.2, 0) is 0 Å². The number of nitrogens with zero attached hydrogens (tertiary/aromatic N) is 2. The molecule has 0 unspecified atom stereocenters. The number of rotatable bonds is 4. The van der Waals surface area contributed by atoms with E-state index in [1.165, 1.54) is 11.1 Å². The van der Waals surface area contributed by atoms with E-state index < -0.39 is 0 Å². The van der Waals surface area contributed by atoms with Gasteiger partial charge < -0.3 is 22.8 Å². The molecule has 5 heteroatoms. The Bertz CT molecular complexity index is 556. The van der Waals surface area contributed by atoms with Gasteiger partial charge in [0.2, 0.25) is 0 Å². The van der Waals surface area contributed by atoms with Gasteiger partial charge in [-0.15, -0.1) is 0 Å². The molecule has 0 radical (unpaired) electrons.